The molecule has 26 heavy (non-hydrogen) atoms. The molecule has 0 rings (SSSR count). The summed E-state index contributed by atoms with van der Waals surface area (Å²) in [7, 11) is -6.33. The molecule has 0 aliphatic heterocycles. The molecular formula is C8H6F13KO3S. The van der Waals surface area contributed by atoms with Crippen LogP contribution in [-0.4, -0.2) is 54.0 Å². The molecule has 0 radical (unpaired) electrons. The molecule has 0 amide bonds. The second-order valence-corrected chi connectivity index (χ2v) is 6.31. The maximum atomic E-state index is 13.2. The van der Waals surface area contributed by atoms with Crippen molar-refractivity contribution < 1.29 is 123 Å². The van der Waals surface area contributed by atoms with Crippen LogP contribution < -0.4 is 51.4 Å². The normalized spacial score (nSPS) is 16.9. The van der Waals surface area contributed by atoms with Crippen molar-refractivity contribution in [3.05, 3.63) is 0 Å². The smallest absolute Gasteiger partial charge is 1.00 e. The molecule has 3 nitrogen and oxygen atoms in total. The zero-order valence-electron chi connectivity index (χ0n) is 13.2. The Morgan fingerprint density at radius 2 is 0.962 bits per heavy atom. The van der Waals surface area contributed by atoms with Crippen molar-refractivity contribution in [2.45, 2.75) is 48.0 Å². The van der Waals surface area contributed by atoms with Crippen LogP contribution in [0.2, 0.25) is 0 Å². The standard InChI is InChI=1S/C8H5F13O3S.K.H/c1-2(25(22,23)24)3(9,10)4(11,12)5(13,14)6(15,16)7(17,18)8(19,20)21;;/h2H,1H3,(H,22,23,24);;/q;+1;-1. The van der Waals surface area contributed by atoms with Crippen molar-refractivity contribution in [1.82, 2.24) is 0 Å². The van der Waals surface area contributed by atoms with Gasteiger partial charge in [0.25, 0.3) is 10.1 Å². The molecule has 0 bridgehead atoms. The van der Waals surface area contributed by atoms with Crippen LogP contribution in [0.4, 0.5) is 57.1 Å². The van der Waals surface area contributed by atoms with Gasteiger partial charge in [-0.2, -0.15) is 65.5 Å². The molecule has 0 saturated heterocycles. The van der Waals surface area contributed by atoms with Crippen LogP contribution in [0, 0.1) is 0 Å². The van der Waals surface area contributed by atoms with Crippen molar-refractivity contribution >= 4 is 10.1 Å². The van der Waals surface area contributed by atoms with Crippen molar-refractivity contribution in [3.8, 4) is 0 Å². The van der Waals surface area contributed by atoms with E-state index < -0.39 is 58.1 Å². The van der Waals surface area contributed by atoms with Crippen LogP contribution in [0.3, 0.4) is 0 Å². The molecule has 0 aliphatic carbocycles. The van der Waals surface area contributed by atoms with Crippen molar-refractivity contribution in [2.24, 2.45) is 0 Å². The van der Waals surface area contributed by atoms with Crippen LogP contribution in [0.1, 0.15) is 8.35 Å². The van der Waals surface area contributed by atoms with E-state index in [1.54, 1.807) is 0 Å². The van der Waals surface area contributed by atoms with Gasteiger partial charge in [-0.05, 0) is 6.92 Å². The molecule has 1 unspecified atom stereocenters. The third-order valence-electron chi connectivity index (χ3n) is 2.92. The second kappa shape index (κ2) is 7.47. The Kier molecular flexibility index (Phi) is 8.29. The molecule has 0 aromatic rings. The molecule has 154 valence electrons. The first-order valence-corrected chi connectivity index (χ1v) is 6.83. The van der Waals surface area contributed by atoms with E-state index in [1.165, 1.54) is 0 Å². The molecular weight excluding hydrogens is 462 g/mol. The van der Waals surface area contributed by atoms with Gasteiger partial charge in [0.1, 0.15) is 0 Å². The number of hydrogen-bond acceptors (Lipinski definition) is 2. The van der Waals surface area contributed by atoms with Gasteiger partial charge < -0.3 is 1.43 Å². The molecule has 0 saturated carbocycles. The first-order valence-electron chi connectivity index (χ1n) is 5.32. The van der Waals surface area contributed by atoms with Crippen LogP contribution in [0.25, 0.3) is 0 Å². The van der Waals surface area contributed by atoms with E-state index >= 15 is 0 Å². The van der Waals surface area contributed by atoms with Gasteiger partial charge in [-0.15, -0.1) is 0 Å². The molecule has 0 aliphatic rings. The van der Waals surface area contributed by atoms with Gasteiger partial charge in [0, 0.05) is 0 Å². The number of hydrogen-bond donors (Lipinski definition) is 1. The summed E-state index contributed by atoms with van der Waals surface area (Å²) < 4.78 is 193. The Morgan fingerprint density at radius 3 is 1.19 bits per heavy atom. The van der Waals surface area contributed by atoms with E-state index in [-0.39, 0.29) is 52.8 Å². The fourth-order valence-electron chi connectivity index (χ4n) is 1.22. The summed E-state index contributed by atoms with van der Waals surface area (Å²) in [6, 6.07) is 0. The Labute approximate surface area is 179 Å². The molecule has 1 atom stereocenters. The average molecular weight is 468 g/mol. The summed E-state index contributed by atoms with van der Waals surface area (Å²) in [4.78, 5) is 0. The summed E-state index contributed by atoms with van der Waals surface area (Å²) >= 11 is 0. The fourth-order valence-corrected chi connectivity index (χ4v) is 1.75. The van der Waals surface area contributed by atoms with Crippen molar-refractivity contribution in [1.29, 1.82) is 0 Å². The van der Waals surface area contributed by atoms with Gasteiger partial charge in [-0.1, -0.05) is 0 Å². The van der Waals surface area contributed by atoms with Gasteiger partial charge in [0.05, 0.1) is 0 Å². The minimum Gasteiger partial charge on any atom is -1.00 e. The van der Waals surface area contributed by atoms with Gasteiger partial charge in [0.2, 0.25) is 0 Å². The van der Waals surface area contributed by atoms with Crippen molar-refractivity contribution in [2.75, 3.05) is 0 Å². The van der Waals surface area contributed by atoms with Gasteiger partial charge in [0.15, 0.2) is 5.25 Å². The Balaban J connectivity index is -0.00000288. The molecule has 0 aromatic carbocycles. The molecule has 0 heterocycles. The average Bonchev–Trinajstić information content (AvgIpc) is 2.34. The summed E-state index contributed by atoms with van der Waals surface area (Å²) in [5, 5.41) is -4.27. The monoisotopic (exact) mass is 468 g/mol. The maximum absolute atomic E-state index is 13.2. The first-order chi connectivity index (χ1) is 10.4. The quantitative estimate of drug-likeness (QED) is 0.361. The second-order valence-electron chi connectivity index (χ2n) is 4.58. The molecule has 0 spiro atoms. The Hall–Kier alpha value is 0.636. The van der Waals surface area contributed by atoms with Crippen LogP contribution in [0.15, 0.2) is 0 Å². The molecule has 0 aromatic heterocycles. The van der Waals surface area contributed by atoms with Crippen LogP contribution in [0.5, 0.6) is 0 Å². The number of rotatable bonds is 6. The Bertz CT molecular complexity index is 618. The zero-order valence-corrected chi connectivity index (χ0v) is 16.1. The maximum Gasteiger partial charge on any atom is 1.00 e. The van der Waals surface area contributed by atoms with E-state index in [0.29, 0.717) is 0 Å². The molecule has 1 N–H and O–H groups in total. The Morgan fingerprint density at radius 1 is 0.692 bits per heavy atom. The summed E-state index contributed by atoms with van der Waals surface area (Å²) in [5.74, 6) is -38.8. The SMILES string of the molecule is CC(C(F)(F)C(F)(F)C(F)(F)C(F)(F)C(F)(F)C(F)(F)F)S(=O)(=O)O.[H-].[K+]. The van der Waals surface area contributed by atoms with Gasteiger partial charge in [-0.3, -0.25) is 4.55 Å². The van der Waals surface area contributed by atoms with E-state index in [1.807, 2.05) is 0 Å². The van der Waals surface area contributed by atoms with Crippen LogP contribution in [-0.2, 0) is 10.1 Å². The summed E-state index contributed by atoms with van der Waals surface area (Å²) in [5.41, 5.74) is 0. The molecule has 0 fully saturated rings. The summed E-state index contributed by atoms with van der Waals surface area (Å²) in [6.45, 7) is -0.598. The van der Waals surface area contributed by atoms with E-state index in [2.05, 4.69) is 0 Å². The fraction of sp³-hybridized carbons (Fsp3) is 1.00. The third kappa shape index (κ3) is 4.14. The minimum atomic E-state index is -8.12. The first kappa shape index (κ1) is 28.8. The third-order valence-corrected chi connectivity index (χ3v) is 4.10. The van der Waals surface area contributed by atoms with Gasteiger partial charge >= 0.3 is 87.2 Å². The van der Waals surface area contributed by atoms with E-state index in [9.17, 15) is 65.5 Å². The predicted octanol–water partition coefficient (Wildman–Crippen LogP) is 1.12. The molecule has 18 heteroatoms. The van der Waals surface area contributed by atoms with E-state index in [0.717, 1.165) is 0 Å². The van der Waals surface area contributed by atoms with Gasteiger partial charge in [-0.25, -0.2) is 0 Å². The topological polar surface area (TPSA) is 54.4 Å². The summed E-state index contributed by atoms with van der Waals surface area (Å²) in [6.07, 6.45) is -7.56. The minimum absolute atomic E-state index is 0. The number of halogens is 13. The predicted molar refractivity (Wildman–Crippen MR) is 52.9 cm³/mol. The van der Waals surface area contributed by atoms with Crippen molar-refractivity contribution in [3.63, 3.8) is 0 Å². The largest absolute Gasteiger partial charge is 1.00 e. The number of alkyl halides is 13. The zero-order chi connectivity index (χ0) is 21.1. The van der Waals surface area contributed by atoms with Crippen LogP contribution >= 0.6 is 0 Å². The van der Waals surface area contributed by atoms with E-state index in [4.69, 9.17) is 4.55 Å².